The Hall–Kier alpha value is -3.94. The van der Waals surface area contributed by atoms with E-state index in [2.05, 4.69) is 14.7 Å². The molecule has 0 unspecified atom stereocenters. The Morgan fingerprint density at radius 3 is 2.66 bits per heavy atom. The lowest BCUT2D eigenvalue weighted by Crippen LogP contribution is -2.15. The molecule has 8 nitrogen and oxygen atoms in total. The molecule has 1 N–H and O–H groups in total. The molecule has 0 saturated carbocycles. The summed E-state index contributed by atoms with van der Waals surface area (Å²) in [7, 11) is 1.27. The zero-order chi connectivity index (χ0) is 20.5. The highest BCUT2D eigenvalue weighted by atomic mass is 16.5. The van der Waals surface area contributed by atoms with E-state index in [4.69, 9.17) is 9.15 Å². The lowest BCUT2D eigenvalue weighted by Gasteiger charge is -2.06. The number of hydrogen-bond acceptors (Lipinski definition) is 7. The summed E-state index contributed by atoms with van der Waals surface area (Å²) < 4.78 is 15.5. The number of fused-ring (bicyclic) bond motifs is 2. The zero-order valence-electron chi connectivity index (χ0n) is 15.6. The van der Waals surface area contributed by atoms with Gasteiger partial charge in [-0.15, -0.1) is 0 Å². The van der Waals surface area contributed by atoms with Crippen LogP contribution in [-0.2, 0) is 16.1 Å². The maximum absolute atomic E-state index is 12.4. The first kappa shape index (κ1) is 18.4. The van der Waals surface area contributed by atoms with Crippen molar-refractivity contribution in [3.05, 3.63) is 75.5 Å². The van der Waals surface area contributed by atoms with Crippen LogP contribution in [0.25, 0.3) is 21.9 Å². The molecular weight excluding hydrogens is 376 g/mol. The van der Waals surface area contributed by atoms with Gasteiger partial charge in [0.1, 0.15) is 18.0 Å². The maximum atomic E-state index is 12.4. The van der Waals surface area contributed by atoms with Crippen molar-refractivity contribution in [1.29, 1.82) is 0 Å². The Morgan fingerprint density at radius 2 is 1.90 bits per heavy atom. The standard InChI is InChI=1S/C21H16N2O6/c1-11-13-5-3-4-6-16(13)29-18(11)21(26)28-10-17-22-15-9-12(20(25)27-2)7-8-14(15)19(24)23-17/h3-9H,10H2,1-2H3,(H,22,23,24). The van der Waals surface area contributed by atoms with Crippen molar-refractivity contribution in [2.24, 2.45) is 0 Å². The van der Waals surface area contributed by atoms with Crippen LogP contribution in [0, 0.1) is 6.92 Å². The number of rotatable bonds is 4. The highest BCUT2D eigenvalue weighted by Crippen LogP contribution is 2.25. The topological polar surface area (TPSA) is 111 Å². The average molecular weight is 392 g/mol. The van der Waals surface area contributed by atoms with E-state index in [-0.39, 0.29) is 23.8 Å². The number of esters is 2. The molecule has 29 heavy (non-hydrogen) atoms. The number of nitrogens with one attached hydrogen (secondary N) is 1. The van der Waals surface area contributed by atoms with Gasteiger partial charge in [0.15, 0.2) is 0 Å². The second kappa shape index (κ2) is 7.23. The second-order valence-corrected chi connectivity index (χ2v) is 6.36. The molecule has 0 aliphatic carbocycles. The van der Waals surface area contributed by atoms with Crippen LogP contribution in [0.5, 0.6) is 0 Å². The summed E-state index contributed by atoms with van der Waals surface area (Å²) >= 11 is 0. The van der Waals surface area contributed by atoms with E-state index in [1.54, 1.807) is 13.0 Å². The van der Waals surface area contributed by atoms with Crippen molar-refractivity contribution in [1.82, 2.24) is 9.97 Å². The molecule has 0 spiro atoms. The van der Waals surface area contributed by atoms with Crippen LogP contribution < -0.4 is 5.56 Å². The molecule has 0 aliphatic heterocycles. The van der Waals surface area contributed by atoms with Gasteiger partial charge in [-0.3, -0.25) is 4.79 Å². The molecule has 8 heteroatoms. The number of methoxy groups -OCH3 is 1. The normalized spacial score (nSPS) is 11.0. The van der Waals surface area contributed by atoms with Gasteiger partial charge in [0.25, 0.3) is 5.56 Å². The van der Waals surface area contributed by atoms with Gasteiger partial charge in [-0.1, -0.05) is 18.2 Å². The lowest BCUT2D eigenvalue weighted by atomic mass is 10.1. The molecule has 0 atom stereocenters. The quantitative estimate of drug-likeness (QED) is 0.531. The zero-order valence-corrected chi connectivity index (χ0v) is 15.6. The number of furan rings is 1. The van der Waals surface area contributed by atoms with E-state index in [0.717, 1.165) is 5.39 Å². The van der Waals surface area contributed by atoms with Gasteiger partial charge < -0.3 is 18.9 Å². The largest absolute Gasteiger partial charge is 0.465 e. The number of nitrogens with zero attached hydrogens (tertiary/aromatic N) is 1. The third-order valence-electron chi connectivity index (χ3n) is 4.55. The van der Waals surface area contributed by atoms with Crippen LogP contribution in [0.1, 0.15) is 32.3 Å². The fraction of sp³-hybridized carbons (Fsp3) is 0.143. The van der Waals surface area contributed by atoms with Crippen molar-refractivity contribution in [3.8, 4) is 0 Å². The van der Waals surface area contributed by atoms with Gasteiger partial charge in [-0.2, -0.15) is 0 Å². The Morgan fingerprint density at radius 1 is 1.10 bits per heavy atom. The summed E-state index contributed by atoms with van der Waals surface area (Å²) in [6.45, 7) is 1.51. The minimum absolute atomic E-state index is 0.0994. The van der Waals surface area contributed by atoms with Gasteiger partial charge in [0.2, 0.25) is 5.76 Å². The van der Waals surface area contributed by atoms with Gasteiger partial charge >= 0.3 is 11.9 Å². The Labute approximate surface area is 164 Å². The molecule has 0 amide bonds. The number of aryl methyl sites for hydroxylation is 1. The third kappa shape index (κ3) is 3.36. The summed E-state index contributed by atoms with van der Waals surface area (Å²) in [4.78, 5) is 43.2. The summed E-state index contributed by atoms with van der Waals surface area (Å²) in [6.07, 6.45) is 0. The van der Waals surface area contributed by atoms with E-state index in [1.165, 1.54) is 25.3 Å². The number of hydrogen-bond donors (Lipinski definition) is 1. The molecule has 0 fully saturated rings. The first-order valence-electron chi connectivity index (χ1n) is 8.74. The Kier molecular flexibility index (Phi) is 4.59. The minimum Gasteiger partial charge on any atom is -0.465 e. The molecule has 2 heterocycles. The van der Waals surface area contributed by atoms with Crippen molar-refractivity contribution >= 4 is 33.8 Å². The van der Waals surface area contributed by atoms with Crippen molar-refractivity contribution in [2.45, 2.75) is 13.5 Å². The molecule has 4 aromatic rings. The van der Waals surface area contributed by atoms with E-state index >= 15 is 0 Å². The molecule has 0 saturated heterocycles. The number of benzene rings is 2. The highest BCUT2D eigenvalue weighted by Gasteiger charge is 2.19. The number of aromatic nitrogens is 2. The van der Waals surface area contributed by atoms with Crippen LogP contribution in [0.4, 0.5) is 0 Å². The van der Waals surface area contributed by atoms with Crippen LogP contribution in [0.15, 0.2) is 51.7 Å². The summed E-state index contributed by atoms with van der Waals surface area (Å²) in [5.74, 6) is -0.957. The fourth-order valence-corrected chi connectivity index (χ4v) is 3.07. The molecule has 2 aromatic heterocycles. The predicted octanol–water partition coefficient (Wildman–Crippen LogP) is 3.12. The van der Waals surface area contributed by atoms with Gasteiger partial charge in [-0.25, -0.2) is 14.6 Å². The van der Waals surface area contributed by atoms with Crippen LogP contribution in [-0.4, -0.2) is 29.0 Å². The summed E-state index contributed by atoms with van der Waals surface area (Å²) in [5.41, 5.74) is 1.41. The average Bonchev–Trinajstić information content (AvgIpc) is 3.08. The molecule has 0 radical (unpaired) electrons. The van der Waals surface area contributed by atoms with E-state index in [0.29, 0.717) is 22.0 Å². The fourth-order valence-electron chi connectivity index (χ4n) is 3.07. The first-order valence-corrected chi connectivity index (χ1v) is 8.74. The van der Waals surface area contributed by atoms with Gasteiger partial charge in [-0.05, 0) is 31.2 Å². The van der Waals surface area contributed by atoms with Crippen LogP contribution >= 0.6 is 0 Å². The predicted molar refractivity (Wildman–Crippen MR) is 104 cm³/mol. The van der Waals surface area contributed by atoms with E-state index in [1.807, 2.05) is 18.2 Å². The minimum atomic E-state index is -0.662. The highest BCUT2D eigenvalue weighted by molar-refractivity contribution is 5.96. The first-order chi connectivity index (χ1) is 14.0. The molecular formula is C21H16N2O6. The SMILES string of the molecule is COC(=O)c1ccc2c(=O)[nH]c(COC(=O)c3oc4ccccc4c3C)nc2c1. The Balaban J connectivity index is 1.60. The number of H-pyrrole nitrogens is 1. The monoisotopic (exact) mass is 392 g/mol. The third-order valence-corrected chi connectivity index (χ3v) is 4.55. The summed E-state index contributed by atoms with van der Waals surface area (Å²) in [5, 5.41) is 1.13. The number of ether oxygens (including phenoxy) is 2. The number of aromatic amines is 1. The second-order valence-electron chi connectivity index (χ2n) is 6.36. The number of carbonyl (C=O) groups is 2. The van der Waals surface area contributed by atoms with E-state index < -0.39 is 17.5 Å². The number of carbonyl (C=O) groups excluding carboxylic acids is 2. The van der Waals surface area contributed by atoms with Crippen molar-refractivity contribution in [2.75, 3.05) is 7.11 Å². The van der Waals surface area contributed by atoms with Crippen molar-refractivity contribution < 1.29 is 23.5 Å². The smallest absolute Gasteiger partial charge is 0.375 e. The molecule has 4 rings (SSSR count). The molecule has 0 bridgehead atoms. The van der Waals surface area contributed by atoms with Crippen LogP contribution in [0.2, 0.25) is 0 Å². The van der Waals surface area contributed by atoms with Gasteiger partial charge in [0, 0.05) is 10.9 Å². The number of para-hydroxylation sites is 1. The molecule has 0 aliphatic rings. The van der Waals surface area contributed by atoms with Gasteiger partial charge in [0.05, 0.1) is 23.6 Å². The Bertz CT molecular complexity index is 1320. The van der Waals surface area contributed by atoms with E-state index in [9.17, 15) is 14.4 Å². The van der Waals surface area contributed by atoms with Crippen LogP contribution in [0.3, 0.4) is 0 Å². The molecule has 2 aromatic carbocycles. The summed E-state index contributed by atoms with van der Waals surface area (Å²) in [6, 6.07) is 11.7. The lowest BCUT2D eigenvalue weighted by molar-refractivity contribution is 0.0427. The maximum Gasteiger partial charge on any atom is 0.375 e. The molecule has 146 valence electrons. The van der Waals surface area contributed by atoms with Crippen molar-refractivity contribution in [3.63, 3.8) is 0 Å².